The molecule has 2 unspecified atom stereocenters. The summed E-state index contributed by atoms with van der Waals surface area (Å²) in [6, 6.07) is 8.69. The zero-order valence-electron chi connectivity index (χ0n) is 16.0. The van der Waals surface area contributed by atoms with Crippen molar-refractivity contribution < 1.29 is 5.11 Å². The van der Waals surface area contributed by atoms with E-state index >= 15 is 0 Å². The second kappa shape index (κ2) is 7.40. The summed E-state index contributed by atoms with van der Waals surface area (Å²) in [5.41, 5.74) is 6.64. The Morgan fingerprint density at radius 1 is 1.11 bits per heavy atom. The molecule has 0 aliphatic heterocycles. The van der Waals surface area contributed by atoms with Crippen LogP contribution in [0.4, 0.5) is 5.69 Å². The molecule has 2 N–H and O–H groups in total. The number of aliphatic hydroxyl groups is 1. The van der Waals surface area contributed by atoms with E-state index in [2.05, 4.69) is 50.2 Å². The Morgan fingerprint density at radius 2 is 2.07 bits per heavy atom. The molecule has 28 heavy (non-hydrogen) atoms. The number of pyridine rings is 2. The maximum atomic E-state index is 9.94. The van der Waals surface area contributed by atoms with Crippen molar-refractivity contribution in [2.45, 2.75) is 57.1 Å². The predicted molar refractivity (Wildman–Crippen MR) is 112 cm³/mol. The second-order valence-electron chi connectivity index (χ2n) is 8.00. The summed E-state index contributed by atoms with van der Waals surface area (Å²) >= 11 is 0. The lowest BCUT2D eigenvalue weighted by atomic mass is 9.93. The molecule has 0 bridgehead atoms. The molecule has 1 saturated carbocycles. The first-order valence-corrected chi connectivity index (χ1v) is 10.3. The van der Waals surface area contributed by atoms with Crippen molar-refractivity contribution in [3.05, 3.63) is 54.6 Å². The highest BCUT2D eigenvalue weighted by Crippen LogP contribution is 2.30. The largest absolute Gasteiger partial charge is 0.393 e. The Balaban J connectivity index is 1.46. The standard InChI is InChI=1S/C23H26N4O/c28-20-7-3-6-18(13-20)26-19-8-9-23-25-14-22(27(23)15-19)17-10-11-24-21(12-17)16-4-1-2-5-16/h4,8-12,14-15,18,20,26,28H,1-3,5-7,13H2. The van der Waals surface area contributed by atoms with Gasteiger partial charge in [-0.05, 0) is 74.8 Å². The highest BCUT2D eigenvalue weighted by atomic mass is 16.3. The Labute approximate surface area is 165 Å². The van der Waals surface area contributed by atoms with Gasteiger partial charge >= 0.3 is 0 Å². The highest BCUT2D eigenvalue weighted by Gasteiger charge is 2.20. The first-order chi connectivity index (χ1) is 13.8. The Morgan fingerprint density at radius 3 is 2.93 bits per heavy atom. The summed E-state index contributed by atoms with van der Waals surface area (Å²) in [6.07, 6.45) is 15.5. The second-order valence-corrected chi connectivity index (χ2v) is 8.00. The van der Waals surface area contributed by atoms with Gasteiger partial charge in [-0.15, -0.1) is 0 Å². The quantitative estimate of drug-likeness (QED) is 0.696. The molecule has 1 fully saturated rings. The van der Waals surface area contributed by atoms with Crippen molar-refractivity contribution in [2.75, 3.05) is 5.32 Å². The zero-order valence-corrected chi connectivity index (χ0v) is 16.0. The Hall–Kier alpha value is -2.66. The number of aliphatic hydroxyl groups excluding tert-OH is 1. The van der Waals surface area contributed by atoms with Crippen LogP contribution in [0, 0.1) is 0 Å². The molecule has 0 amide bonds. The van der Waals surface area contributed by atoms with Crippen LogP contribution >= 0.6 is 0 Å². The molecule has 3 aromatic heterocycles. The molecule has 0 saturated heterocycles. The topological polar surface area (TPSA) is 62.5 Å². The van der Waals surface area contributed by atoms with E-state index in [1.165, 1.54) is 12.0 Å². The molecule has 3 heterocycles. The Bertz CT molecular complexity index is 1020. The predicted octanol–water partition coefficient (Wildman–Crippen LogP) is 4.68. The fourth-order valence-corrected chi connectivity index (χ4v) is 4.48. The molecule has 5 nitrogen and oxygen atoms in total. The fourth-order valence-electron chi connectivity index (χ4n) is 4.48. The van der Waals surface area contributed by atoms with E-state index in [9.17, 15) is 5.11 Å². The van der Waals surface area contributed by atoms with E-state index in [-0.39, 0.29) is 6.10 Å². The van der Waals surface area contributed by atoms with E-state index in [4.69, 9.17) is 0 Å². The van der Waals surface area contributed by atoms with Gasteiger partial charge in [-0.1, -0.05) is 6.08 Å². The van der Waals surface area contributed by atoms with Crippen LogP contribution in [0.15, 0.2) is 48.9 Å². The van der Waals surface area contributed by atoms with Crippen molar-refractivity contribution in [3.8, 4) is 11.3 Å². The summed E-state index contributed by atoms with van der Waals surface area (Å²) in [4.78, 5) is 9.16. The van der Waals surface area contributed by atoms with Crippen molar-refractivity contribution in [3.63, 3.8) is 0 Å². The number of hydrogen-bond donors (Lipinski definition) is 2. The average molecular weight is 374 g/mol. The van der Waals surface area contributed by atoms with Gasteiger partial charge in [-0.2, -0.15) is 0 Å². The van der Waals surface area contributed by atoms with Gasteiger partial charge < -0.3 is 10.4 Å². The number of rotatable bonds is 4. The maximum absolute atomic E-state index is 9.94. The van der Waals surface area contributed by atoms with Crippen LogP contribution in [0.1, 0.15) is 50.6 Å². The molecule has 0 radical (unpaired) electrons. The third kappa shape index (κ3) is 3.42. The third-order valence-corrected chi connectivity index (χ3v) is 5.95. The van der Waals surface area contributed by atoms with Gasteiger partial charge in [0.05, 0.1) is 29.4 Å². The number of nitrogens with zero attached hydrogens (tertiary/aromatic N) is 3. The smallest absolute Gasteiger partial charge is 0.137 e. The fraction of sp³-hybridized carbons (Fsp3) is 0.391. The van der Waals surface area contributed by atoms with E-state index < -0.39 is 0 Å². The minimum absolute atomic E-state index is 0.182. The lowest BCUT2D eigenvalue weighted by Gasteiger charge is -2.27. The van der Waals surface area contributed by atoms with Gasteiger partial charge in [0.1, 0.15) is 5.65 Å². The molecule has 2 atom stereocenters. The van der Waals surface area contributed by atoms with Crippen LogP contribution < -0.4 is 5.32 Å². The first kappa shape index (κ1) is 17.4. The number of anilines is 1. The Kier molecular flexibility index (Phi) is 4.61. The lowest BCUT2D eigenvalue weighted by Crippen LogP contribution is -2.29. The summed E-state index contributed by atoms with van der Waals surface area (Å²) in [6.45, 7) is 0. The number of aromatic nitrogens is 3. The zero-order chi connectivity index (χ0) is 18.9. The van der Waals surface area contributed by atoms with Crippen molar-refractivity contribution in [1.29, 1.82) is 0 Å². The van der Waals surface area contributed by atoms with Gasteiger partial charge in [0, 0.05) is 24.0 Å². The van der Waals surface area contributed by atoms with Crippen molar-refractivity contribution in [1.82, 2.24) is 14.4 Å². The van der Waals surface area contributed by atoms with E-state index in [1.54, 1.807) is 0 Å². The summed E-state index contributed by atoms with van der Waals surface area (Å²) < 4.78 is 2.14. The van der Waals surface area contributed by atoms with Crippen LogP contribution in [-0.2, 0) is 0 Å². The van der Waals surface area contributed by atoms with Crippen LogP contribution in [0.5, 0.6) is 0 Å². The molecule has 5 heteroatoms. The first-order valence-electron chi connectivity index (χ1n) is 10.3. The molecule has 3 aromatic rings. The van der Waals surface area contributed by atoms with Gasteiger partial charge in [0.2, 0.25) is 0 Å². The van der Waals surface area contributed by atoms with Crippen molar-refractivity contribution in [2.24, 2.45) is 0 Å². The maximum Gasteiger partial charge on any atom is 0.137 e. The van der Waals surface area contributed by atoms with E-state index in [0.29, 0.717) is 6.04 Å². The molecular weight excluding hydrogens is 348 g/mol. The van der Waals surface area contributed by atoms with Crippen LogP contribution in [0.25, 0.3) is 22.5 Å². The molecule has 0 spiro atoms. The van der Waals surface area contributed by atoms with Crippen molar-refractivity contribution >= 4 is 16.9 Å². The SMILES string of the molecule is OC1CCCC(Nc2ccc3ncc(-c4ccnc(C5=CCCC5)c4)n3c2)C1. The van der Waals surface area contributed by atoms with Crippen LogP contribution in [-0.4, -0.2) is 31.6 Å². The van der Waals surface area contributed by atoms with Gasteiger partial charge in [0.25, 0.3) is 0 Å². The van der Waals surface area contributed by atoms with Gasteiger partial charge in [-0.25, -0.2) is 4.98 Å². The molecular formula is C23H26N4O. The number of allylic oxidation sites excluding steroid dienone is 2. The summed E-state index contributed by atoms with van der Waals surface area (Å²) in [5, 5.41) is 13.5. The van der Waals surface area contributed by atoms with Gasteiger partial charge in [0.15, 0.2) is 0 Å². The minimum Gasteiger partial charge on any atom is -0.393 e. The number of fused-ring (bicyclic) bond motifs is 1. The van der Waals surface area contributed by atoms with Crippen LogP contribution in [0.3, 0.4) is 0 Å². The van der Waals surface area contributed by atoms with Gasteiger partial charge in [-0.3, -0.25) is 9.38 Å². The molecule has 0 aromatic carbocycles. The molecule has 2 aliphatic rings. The average Bonchev–Trinajstić information content (AvgIpc) is 3.38. The third-order valence-electron chi connectivity index (χ3n) is 5.95. The number of hydrogen-bond acceptors (Lipinski definition) is 4. The molecule has 2 aliphatic carbocycles. The molecule has 5 rings (SSSR count). The lowest BCUT2D eigenvalue weighted by molar-refractivity contribution is 0.124. The minimum atomic E-state index is -0.182. The number of imidazole rings is 1. The summed E-state index contributed by atoms with van der Waals surface area (Å²) in [5.74, 6) is 0. The monoisotopic (exact) mass is 374 g/mol. The number of nitrogens with one attached hydrogen (secondary N) is 1. The van der Waals surface area contributed by atoms with E-state index in [0.717, 1.165) is 66.8 Å². The normalized spacial score (nSPS) is 22.4. The van der Waals surface area contributed by atoms with E-state index in [1.807, 2.05) is 18.5 Å². The summed E-state index contributed by atoms with van der Waals surface area (Å²) in [7, 11) is 0. The molecule has 144 valence electrons. The highest BCUT2D eigenvalue weighted by molar-refractivity contribution is 5.71. The van der Waals surface area contributed by atoms with Crippen LogP contribution in [0.2, 0.25) is 0 Å².